The van der Waals surface area contributed by atoms with Crippen LogP contribution >= 0.6 is 0 Å². The van der Waals surface area contributed by atoms with Gasteiger partial charge in [-0.15, -0.1) is 0 Å². The Hall–Kier alpha value is -1.97. The summed E-state index contributed by atoms with van der Waals surface area (Å²) in [6, 6.07) is 7.70. The van der Waals surface area contributed by atoms with Crippen LogP contribution in [0.3, 0.4) is 0 Å². The van der Waals surface area contributed by atoms with Gasteiger partial charge in [0.1, 0.15) is 5.69 Å². The maximum absolute atomic E-state index is 12.1. The van der Waals surface area contributed by atoms with Gasteiger partial charge in [-0.1, -0.05) is 19.1 Å². The lowest BCUT2D eigenvalue weighted by atomic mass is 10.2. The van der Waals surface area contributed by atoms with E-state index in [9.17, 15) is 4.79 Å². The van der Waals surface area contributed by atoms with Crippen LogP contribution in [0, 0.1) is 6.92 Å². The number of carbonyl (C=O) groups excluding carboxylic acids is 1. The molecule has 0 fully saturated rings. The number of carbonyl (C=O) groups is 1. The number of rotatable bonds is 3. The van der Waals surface area contributed by atoms with Crippen molar-refractivity contribution in [2.24, 2.45) is 0 Å². The minimum absolute atomic E-state index is 0.144. The maximum Gasteiger partial charge on any atom is 0.271 e. The largest absolute Gasteiger partial charge is 0.348 e. The van der Waals surface area contributed by atoms with E-state index < -0.39 is 0 Å². The predicted molar refractivity (Wildman–Crippen MR) is 71.5 cm³/mol. The minimum Gasteiger partial charge on any atom is -0.348 e. The second kappa shape index (κ2) is 5.12. The number of aromatic nitrogens is 2. The van der Waals surface area contributed by atoms with Crippen molar-refractivity contribution in [3.05, 3.63) is 35.7 Å². The van der Waals surface area contributed by atoms with Crippen LogP contribution in [0.5, 0.6) is 0 Å². The lowest BCUT2D eigenvalue weighted by Gasteiger charge is -2.12. The van der Waals surface area contributed by atoms with Gasteiger partial charge in [0.15, 0.2) is 0 Å². The first-order valence-electron chi connectivity index (χ1n) is 6.16. The minimum atomic E-state index is -0.153. The zero-order valence-corrected chi connectivity index (χ0v) is 10.9. The van der Waals surface area contributed by atoms with E-state index in [2.05, 4.69) is 15.3 Å². The molecule has 1 aromatic carbocycles. The Bertz CT molecular complexity index is 580. The molecule has 1 unspecified atom stereocenters. The highest BCUT2D eigenvalue weighted by Crippen LogP contribution is 2.12. The van der Waals surface area contributed by atoms with E-state index >= 15 is 0 Å². The van der Waals surface area contributed by atoms with Gasteiger partial charge in [-0.2, -0.15) is 0 Å². The summed E-state index contributed by atoms with van der Waals surface area (Å²) in [6.45, 7) is 5.82. The zero-order chi connectivity index (χ0) is 13.1. The third-order valence-electron chi connectivity index (χ3n) is 2.95. The fraction of sp³-hybridized carbons (Fsp3) is 0.357. The molecule has 0 saturated carbocycles. The van der Waals surface area contributed by atoms with Gasteiger partial charge in [0, 0.05) is 6.04 Å². The quantitative estimate of drug-likeness (QED) is 0.901. The first-order valence-corrected chi connectivity index (χ1v) is 6.16. The van der Waals surface area contributed by atoms with Crippen LogP contribution in [0.2, 0.25) is 0 Å². The summed E-state index contributed by atoms with van der Waals surface area (Å²) in [5, 5.41) is 2.91. The van der Waals surface area contributed by atoms with Crippen LogP contribution in [0.25, 0.3) is 11.0 Å². The van der Waals surface area contributed by atoms with Crippen LogP contribution in [0.1, 0.15) is 36.5 Å². The number of hydrogen-bond acceptors (Lipinski definition) is 3. The van der Waals surface area contributed by atoms with E-state index in [0.717, 1.165) is 17.5 Å². The number of aryl methyl sites for hydroxylation is 1. The van der Waals surface area contributed by atoms with Crippen molar-refractivity contribution in [1.82, 2.24) is 15.3 Å². The second-order valence-electron chi connectivity index (χ2n) is 4.43. The summed E-state index contributed by atoms with van der Waals surface area (Å²) in [6.07, 6.45) is 0.895. The van der Waals surface area contributed by atoms with E-state index in [0.29, 0.717) is 11.4 Å². The average Bonchev–Trinajstić information content (AvgIpc) is 2.37. The maximum atomic E-state index is 12.1. The fourth-order valence-corrected chi connectivity index (χ4v) is 1.70. The van der Waals surface area contributed by atoms with Crippen molar-refractivity contribution in [3.63, 3.8) is 0 Å². The van der Waals surface area contributed by atoms with Crippen molar-refractivity contribution >= 4 is 16.9 Å². The van der Waals surface area contributed by atoms with Gasteiger partial charge in [-0.25, -0.2) is 9.97 Å². The highest BCUT2D eigenvalue weighted by molar-refractivity contribution is 5.95. The van der Waals surface area contributed by atoms with Gasteiger partial charge in [0.2, 0.25) is 0 Å². The molecule has 1 atom stereocenters. The van der Waals surface area contributed by atoms with Crippen LogP contribution < -0.4 is 5.32 Å². The Balaban J connectivity index is 2.38. The fourth-order valence-electron chi connectivity index (χ4n) is 1.70. The van der Waals surface area contributed by atoms with Gasteiger partial charge in [0.05, 0.1) is 16.7 Å². The standard InChI is InChI=1S/C14H17N3O/c1-4-9(2)15-14(18)13-10(3)16-11-7-5-6-8-12(11)17-13/h5-9H,4H2,1-3H3,(H,15,18). The average molecular weight is 243 g/mol. The number of amides is 1. The predicted octanol–water partition coefficient (Wildman–Crippen LogP) is 2.47. The Kier molecular flexibility index (Phi) is 3.55. The molecule has 0 saturated heterocycles. The molecule has 2 aromatic rings. The molecule has 1 aromatic heterocycles. The van der Waals surface area contributed by atoms with E-state index in [4.69, 9.17) is 0 Å². The summed E-state index contributed by atoms with van der Waals surface area (Å²) >= 11 is 0. The van der Waals surface area contributed by atoms with Gasteiger partial charge in [0.25, 0.3) is 5.91 Å². The van der Waals surface area contributed by atoms with Crippen LogP contribution in [0.4, 0.5) is 0 Å². The molecular formula is C14H17N3O. The molecule has 0 aliphatic heterocycles. The van der Waals surface area contributed by atoms with Crippen molar-refractivity contribution in [2.75, 3.05) is 0 Å². The molecule has 0 bridgehead atoms. The molecule has 4 heteroatoms. The van der Waals surface area contributed by atoms with Crippen LogP contribution in [-0.2, 0) is 0 Å². The monoisotopic (exact) mass is 243 g/mol. The smallest absolute Gasteiger partial charge is 0.271 e. The summed E-state index contributed by atoms with van der Waals surface area (Å²) in [4.78, 5) is 20.9. The molecule has 0 spiro atoms. The molecular weight excluding hydrogens is 226 g/mol. The Morgan fingerprint density at radius 3 is 2.50 bits per heavy atom. The number of nitrogens with one attached hydrogen (secondary N) is 1. The Labute approximate surface area is 106 Å². The topological polar surface area (TPSA) is 54.9 Å². The molecule has 4 nitrogen and oxygen atoms in total. The van der Waals surface area contributed by atoms with Crippen molar-refractivity contribution in [2.45, 2.75) is 33.2 Å². The van der Waals surface area contributed by atoms with Gasteiger partial charge in [-0.3, -0.25) is 4.79 Å². The molecule has 1 N–H and O–H groups in total. The number of nitrogens with zero attached hydrogens (tertiary/aromatic N) is 2. The molecule has 1 heterocycles. The lowest BCUT2D eigenvalue weighted by molar-refractivity contribution is 0.0933. The Morgan fingerprint density at radius 2 is 1.89 bits per heavy atom. The van der Waals surface area contributed by atoms with E-state index in [1.54, 1.807) is 0 Å². The third-order valence-corrected chi connectivity index (χ3v) is 2.95. The lowest BCUT2D eigenvalue weighted by Crippen LogP contribution is -2.33. The normalized spacial score (nSPS) is 12.4. The second-order valence-corrected chi connectivity index (χ2v) is 4.43. The number of benzene rings is 1. The third kappa shape index (κ3) is 2.47. The number of fused-ring (bicyclic) bond motifs is 1. The van der Waals surface area contributed by atoms with Gasteiger partial charge in [-0.05, 0) is 32.4 Å². The number of para-hydroxylation sites is 2. The molecule has 94 valence electrons. The van der Waals surface area contributed by atoms with E-state index in [1.165, 1.54) is 0 Å². The SMILES string of the molecule is CCC(C)NC(=O)c1nc2ccccc2nc1C. The highest BCUT2D eigenvalue weighted by Gasteiger charge is 2.14. The molecule has 0 aliphatic carbocycles. The zero-order valence-electron chi connectivity index (χ0n) is 10.9. The van der Waals surface area contributed by atoms with Crippen LogP contribution in [-0.4, -0.2) is 21.9 Å². The molecule has 2 rings (SSSR count). The van der Waals surface area contributed by atoms with Crippen molar-refractivity contribution in [1.29, 1.82) is 0 Å². The number of hydrogen-bond donors (Lipinski definition) is 1. The summed E-state index contributed by atoms with van der Waals surface area (Å²) in [5.74, 6) is -0.153. The first-order chi connectivity index (χ1) is 8.61. The van der Waals surface area contributed by atoms with Crippen molar-refractivity contribution in [3.8, 4) is 0 Å². The highest BCUT2D eigenvalue weighted by atomic mass is 16.1. The van der Waals surface area contributed by atoms with Crippen molar-refractivity contribution < 1.29 is 4.79 Å². The summed E-state index contributed by atoms with van der Waals surface area (Å²) in [7, 11) is 0. The van der Waals surface area contributed by atoms with E-state index in [-0.39, 0.29) is 11.9 Å². The van der Waals surface area contributed by atoms with Gasteiger partial charge >= 0.3 is 0 Å². The Morgan fingerprint density at radius 1 is 1.28 bits per heavy atom. The molecule has 1 amide bonds. The molecule has 0 radical (unpaired) electrons. The van der Waals surface area contributed by atoms with Crippen LogP contribution in [0.15, 0.2) is 24.3 Å². The molecule has 18 heavy (non-hydrogen) atoms. The molecule has 0 aliphatic rings. The van der Waals surface area contributed by atoms with E-state index in [1.807, 2.05) is 45.0 Å². The first kappa shape index (κ1) is 12.5. The summed E-state index contributed by atoms with van der Waals surface area (Å²) < 4.78 is 0. The van der Waals surface area contributed by atoms with Gasteiger partial charge < -0.3 is 5.32 Å². The summed E-state index contributed by atoms with van der Waals surface area (Å²) in [5.41, 5.74) is 2.64.